The van der Waals surface area contributed by atoms with Crippen LogP contribution in [-0.2, 0) is 4.79 Å². The largest absolute Gasteiger partial charge is 0.319 e. The zero-order chi connectivity index (χ0) is 8.20. The summed E-state index contributed by atoms with van der Waals surface area (Å²) in [5.74, 6) is -0.0747. The average molecular weight is 141 g/mol. The fourth-order valence-electron chi connectivity index (χ4n) is 0.876. The molecule has 0 fully saturated rings. The van der Waals surface area contributed by atoms with Crippen LogP contribution < -0.4 is 5.73 Å². The third-order valence-electron chi connectivity index (χ3n) is 1.52. The third kappa shape index (κ3) is 2.31. The molecular formula is C8H15NO. The Morgan fingerprint density at radius 1 is 1.80 bits per heavy atom. The Hall–Kier alpha value is -0.630. The van der Waals surface area contributed by atoms with E-state index in [0.717, 1.165) is 12.8 Å². The highest BCUT2D eigenvalue weighted by Crippen LogP contribution is 2.09. The van der Waals surface area contributed by atoms with Gasteiger partial charge in [-0.3, -0.25) is 4.79 Å². The summed E-state index contributed by atoms with van der Waals surface area (Å²) >= 11 is 0. The van der Waals surface area contributed by atoms with Crippen molar-refractivity contribution in [2.45, 2.75) is 32.2 Å². The molecule has 0 bridgehead atoms. The van der Waals surface area contributed by atoms with Crippen molar-refractivity contribution in [1.29, 1.82) is 0 Å². The van der Waals surface area contributed by atoms with E-state index in [2.05, 4.69) is 6.58 Å². The lowest BCUT2D eigenvalue weighted by atomic mass is 9.92. The van der Waals surface area contributed by atoms with Gasteiger partial charge in [0.25, 0.3) is 0 Å². The minimum absolute atomic E-state index is 0.0747. The maximum absolute atomic E-state index is 11.0. The number of hydrogen-bond donors (Lipinski definition) is 1. The van der Waals surface area contributed by atoms with E-state index >= 15 is 0 Å². The van der Waals surface area contributed by atoms with Gasteiger partial charge in [-0.1, -0.05) is 19.9 Å². The van der Waals surface area contributed by atoms with Gasteiger partial charge in [-0.25, -0.2) is 0 Å². The summed E-state index contributed by atoms with van der Waals surface area (Å²) in [6, 6.07) is 0. The van der Waals surface area contributed by atoms with Gasteiger partial charge in [-0.15, -0.1) is 0 Å². The zero-order valence-corrected chi connectivity index (χ0v) is 6.68. The summed E-state index contributed by atoms with van der Waals surface area (Å²) in [6.45, 7) is 7.12. The number of rotatable bonds is 4. The molecule has 0 aromatic heterocycles. The Balaban J connectivity index is 4.08. The van der Waals surface area contributed by atoms with Crippen LogP contribution in [0.1, 0.15) is 26.7 Å². The second kappa shape index (κ2) is 3.52. The summed E-state index contributed by atoms with van der Waals surface area (Å²) in [7, 11) is 0. The van der Waals surface area contributed by atoms with E-state index in [9.17, 15) is 4.79 Å². The summed E-state index contributed by atoms with van der Waals surface area (Å²) in [5.41, 5.74) is 4.96. The molecule has 0 saturated carbocycles. The quantitative estimate of drug-likeness (QED) is 0.599. The van der Waals surface area contributed by atoms with E-state index < -0.39 is 5.54 Å². The molecule has 0 aliphatic carbocycles. The Labute approximate surface area is 62.1 Å². The molecule has 0 aromatic rings. The van der Waals surface area contributed by atoms with Crippen molar-refractivity contribution in [3.63, 3.8) is 0 Å². The second-order valence-corrected chi connectivity index (χ2v) is 2.74. The Kier molecular flexibility index (Phi) is 3.30. The molecule has 0 aromatic carbocycles. The number of carbonyl (C=O) groups is 1. The van der Waals surface area contributed by atoms with Gasteiger partial charge >= 0.3 is 0 Å². The summed E-state index contributed by atoms with van der Waals surface area (Å²) in [4.78, 5) is 11.0. The van der Waals surface area contributed by atoms with Crippen LogP contribution in [0.25, 0.3) is 0 Å². The molecule has 1 atom stereocenters. The molecule has 2 nitrogen and oxygen atoms in total. The van der Waals surface area contributed by atoms with E-state index in [1.54, 1.807) is 6.92 Å². The fourth-order valence-corrected chi connectivity index (χ4v) is 0.876. The highest BCUT2D eigenvalue weighted by atomic mass is 16.1. The van der Waals surface area contributed by atoms with E-state index in [-0.39, 0.29) is 5.78 Å². The number of carbonyl (C=O) groups excluding carboxylic acids is 1. The van der Waals surface area contributed by atoms with Crippen molar-refractivity contribution in [1.82, 2.24) is 0 Å². The monoisotopic (exact) mass is 141 g/mol. The Morgan fingerprint density at radius 3 is 2.60 bits per heavy atom. The van der Waals surface area contributed by atoms with Crippen LogP contribution in [0.4, 0.5) is 0 Å². The molecule has 2 heteroatoms. The molecule has 0 heterocycles. The molecule has 10 heavy (non-hydrogen) atoms. The molecule has 0 spiro atoms. The first-order chi connectivity index (χ1) is 4.54. The van der Waals surface area contributed by atoms with Crippen molar-refractivity contribution in [3.8, 4) is 0 Å². The number of ketones is 1. The summed E-state index contributed by atoms with van der Waals surface area (Å²) < 4.78 is 0. The Bertz CT molecular complexity index is 138. The van der Waals surface area contributed by atoms with Crippen LogP contribution in [0, 0.1) is 0 Å². The third-order valence-corrected chi connectivity index (χ3v) is 1.52. The maximum atomic E-state index is 11.0. The summed E-state index contributed by atoms with van der Waals surface area (Å²) in [5, 5.41) is 0. The van der Waals surface area contributed by atoms with Crippen molar-refractivity contribution in [3.05, 3.63) is 12.7 Å². The van der Waals surface area contributed by atoms with Crippen LogP contribution in [0.15, 0.2) is 12.7 Å². The van der Waals surface area contributed by atoms with Gasteiger partial charge in [0.1, 0.15) is 0 Å². The molecular weight excluding hydrogens is 126 g/mol. The smallest absolute Gasteiger partial charge is 0.174 e. The van der Waals surface area contributed by atoms with E-state index in [4.69, 9.17) is 5.73 Å². The SMILES string of the molecule is C=CC(=O)C(C)(N)CCC. The van der Waals surface area contributed by atoms with Gasteiger partial charge < -0.3 is 5.73 Å². The van der Waals surface area contributed by atoms with Crippen LogP contribution in [0.5, 0.6) is 0 Å². The van der Waals surface area contributed by atoms with Gasteiger partial charge in [-0.2, -0.15) is 0 Å². The topological polar surface area (TPSA) is 43.1 Å². The average Bonchev–Trinajstić information content (AvgIpc) is 1.86. The standard InChI is InChI=1S/C8H15NO/c1-4-6-8(3,9)7(10)5-2/h5H,2,4,6,9H2,1,3H3. The van der Waals surface area contributed by atoms with Crippen LogP contribution in [-0.4, -0.2) is 11.3 Å². The van der Waals surface area contributed by atoms with E-state index in [1.807, 2.05) is 6.92 Å². The molecule has 0 rings (SSSR count). The molecule has 58 valence electrons. The van der Waals surface area contributed by atoms with E-state index in [0.29, 0.717) is 0 Å². The lowest BCUT2D eigenvalue weighted by Crippen LogP contribution is -2.43. The number of hydrogen-bond acceptors (Lipinski definition) is 2. The van der Waals surface area contributed by atoms with Crippen molar-refractivity contribution < 1.29 is 4.79 Å². The van der Waals surface area contributed by atoms with Gasteiger partial charge in [0.2, 0.25) is 0 Å². The minimum Gasteiger partial charge on any atom is -0.319 e. The molecule has 0 saturated heterocycles. The lowest BCUT2D eigenvalue weighted by molar-refractivity contribution is -0.119. The van der Waals surface area contributed by atoms with Crippen LogP contribution in [0.3, 0.4) is 0 Å². The van der Waals surface area contributed by atoms with Gasteiger partial charge in [0.05, 0.1) is 5.54 Å². The van der Waals surface area contributed by atoms with E-state index in [1.165, 1.54) is 6.08 Å². The fraction of sp³-hybridized carbons (Fsp3) is 0.625. The lowest BCUT2D eigenvalue weighted by Gasteiger charge is -2.19. The second-order valence-electron chi connectivity index (χ2n) is 2.74. The van der Waals surface area contributed by atoms with Gasteiger partial charge in [-0.05, 0) is 19.4 Å². The van der Waals surface area contributed by atoms with Gasteiger partial charge in [0, 0.05) is 0 Å². The summed E-state index contributed by atoms with van der Waals surface area (Å²) in [6.07, 6.45) is 2.93. The normalized spacial score (nSPS) is 15.9. The minimum atomic E-state index is -0.698. The van der Waals surface area contributed by atoms with Crippen molar-refractivity contribution >= 4 is 5.78 Å². The van der Waals surface area contributed by atoms with Gasteiger partial charge in [0.15, 0.2) is 5.78 Å². The number of nitrogens with two attached hydrogens (primary N) is 1. The van der Waals surface area contributed by atoms with Crippen molar-refractivity contribution in [2.75, 3.05) is 0 Å². The molecule has 0 aliphatic rings. The van der Waals surface area contributed by atoms with Crippen LogP contribution in [0.2, 0.25) is 0 Å². The zero-order valence-electron chi connectivity index (χ0n) is 6.68. The molecule has 0 amide bonds. The highest BCUT2D eigenvalue weighted by molar-refractivity contribution is 5.96. The molecule has 0 radical (unpaired) electrons. The molecule has 2 N–H and O–H groups in total. The van der Waals surface area contributed by atoms with Crippen molar-refractivity contribution in [2.24, 2.45) is 5.73 Å². The first-order valence-electron chi connectivity index (χ1n) is 3.50. The predicted molar refractivity (Wildman–Crippen MR) is 42.7 cm³/mol. The Morgan fingerprint density at radius 2 is 2.30 bits per heavy atom. The molecule has 0 aliphatic heterocycles. The predicted octanol–water partition coefficient (Wildman–Crippen LogP) is 1.26. The van der Waals surface area contributed by atoms with Crippen LogP contribution >= 0.6 is 0 Å². The molecule has 1 unspecified atom stereocenters. The first kappa shape index (κ1) is 9.37. The first-order valence-corrected chi connectivity index (χ1v) is 3.50. The highest BCUT2D eigenvalue weighted by Gasteiger charge is 2.23. The maximum Gasteiger partial charge on any atom is 0.174 e.